The Bertz CT molecular complexity index is 445. The molecule has 0 aliphatic rings. The van der Waals surface area contributed by atoms with Crippen molar-refractivity contribution in [3.8, 4) is 11.3 Å². The lowest BCUT2D eigenvalue weighted by Gasteiger charge is -2.03. The van der Waals surface area contributed by atoms with E-state index in [0.29, 0.717) is 0 Å². The van der Waals surface area contributed by atoms with Crippen LogP contribution < -0.4 is 0 Å². The van der Waals surface area contributed by atoms with Gasteiger partial charge in [-0.2, -0.15) is 0 Å². The molecule has 2 aromatic rings. The first-order chi connectivity index (χ1) is 6.79. The highest BCUT2D eigenvalue weighted by Crippen LogP contribution is 2.28. The Morgan fingerprint density at radius 3 is 2.50 bits per heavy atom. The van der Waals surface area contributed by atoms with Crippen LogP contribution in [0.4, 0.5) is 0 Å². The minimum absolute atomic E-state index is 0.927. The van der Waals surface area contributed by atoms with Crippen molar-refractivity contribution in [3.05, 3.63) is 44.8 Å². The van der Waals surface area contributed by atoms with Gasteiger partial charge in [-0.3, -0.25) is 0 Å². The molecular weight excluding hydrogens is 355 g/mol. The summed E-state index contributed by atoms with van der Waals surface area (Å²) in [4.78, 5) is 8.34. The summed E-state index contributed by atoms with van der Waals surface area (Å²) >= 11 is 5.66. The Morgan fingerprint density at radius 2 is 1.79 bits per heavy atom. The van der Waals surface area contributed by atoms with E-state index in [9.17, 15) is 0 Å². The molecule has 0 N–H and O–H groups in total. The largest absolute Gasteiger partial charge is 0.235 e. The highest BCUT2D eigenvalue weighted by molar-refractivity contribution is 14.1. The van der Waals surface area contributed by atoms with Gasteiger partial charge in [-0.05, 0) is 38.5 Å². The Balaban J connectivity index is 2.58. The Labute approximate surface area is 104 Å². The molecule has 4 heteroatoms. The van der Waals surface area contributed by atoms with E-state index in [2.05, 4.69) is 48.5 Å². The van der Waals surface area contributed by atoms with E-state index in [1.54, 1.807) is 6.33 Å². The number of halogens is 2. The molecular formula is C10H6BrIN2. The SMILES string of the molecule is Brc1c(I)ncnc1-c1ccccc1. The van der Waals surface area contributed by atoms with Crippen LogP contribution in [0, 0.1) is 3.70 Å². The third kappa shape index (κ3) is 1.95. The Morgan fingerprint density at radius 1 is 1.07 bits per heavy atom. The average molecular weight is 361 g/mol. The fraction of sp³-hybridized carbons (Fsp3) is 0. The van der Waals surface area contributed by atoms with E-state index in [4.69, 9.17) is 0 Å². The van der Waals surface area contributed by atoms with Gasteiger partial charge in [-0.15, -0.1) is 0 Å². The smallest absolute Gasteiger partial charge is 0.119 e. The van der Waals surface area contributed by atoms with Crippen molar-refractivity contribution >= 4 is 38.5 Å². The number of hydrogen-bond acceptors (Lipinski definition) is 2. The molecule has 0 saturated heterocycles. The van der Waals surface area contributed by atoms with Crippen molar-refractivity contribution in [2.24, 2.45) is 0 Å². The minimum Gasteiger partial charge on any atom is -0.235 e. The van der Waals surface area contributed by atoms with Crippen molar-refractivity contribution in [1.82, 2.24) is 9.97 Å². The summed E-state index contributed by atoms with van der Waals surface area (Å²) in [6.45, 7) is 0. The molecule has 1 aromatic heterocycles. The monoisotopic (exact) mass is 360 g/mol. The van der Waals surface area contributed by atoms with Gasteiger partial charge in [-0.1, -0.05) is 30.3 Å². The molecule has 70 valence electrons. The molecule has 0 unspecified atom stereocenters. The molecule has 2 nitrogen and oxygen atoms in total. The van der Waals surface area contributed by atoms with Crippen LogP contribution in [0.25, 0.3) is 11.3 Å². The van der Waals surface area contributed by atoms with Crippen LogP contribution in [0.15, 0.2) is 41.1 Å². The maximum atomic E-state index is 4.25. The molecule has 0 atom stereocenters. The second kappa shape index (κ2) is 4.35. The lowest BCUT2D eigenvalue weighted by atomic mass is 10.1. The second-order valence-corrected chi connectivity index (χ2v) is 4.51. The van der Waals surface area contributed by atoms with Crippen LogP contribution in [0.1, 0.15) is 0 Å². The number of benzene rings is 1. The van der Waals surface area contributed by atoms with Crippen molar-refractivity contribution in [3.63, 3.8) is 0 Å². The van der Waals surface area contributed by atoms with Gasteiger partial charge in [0.05, 0.1) is 10.2 Å². The van der Waals surface area contributed by atoms with Crippen LogP contribution in [0.3, 0.4) is 0 Å². The zero-order chi connectivity index (χ0) is 9.97. The predicted octanol–water partition coefficient (Wildman–Crippen LogP) is 3.51. The minimum atomic E-state index is 0.927. The van der Waals surface area contributed by atoms with E-state index in [1.807, 2.05) is 30.3 Å². The van der Waals surface area contributed by atoms with Gasteiger partial charge < -0.3 is 0 Å². The van der Waals surface area contributed by atoms with E-state index in [0.717, 1.165) is 19.4 Å². The van der Waals surface area contributed by atoms with Gasteiger partial charge in [0.15, 0.2) is 0 Å². The first-order valence-electron chi connectivity index (χ1n) is 4.00. The molecule has 0 radical (unpaired) electrons. The van der Waals surface area contributed by atoms with Crippen molar-refractivity contribution in [1.29, 1.82) is 0 Å². The molecule has 2 rings (SSSR count). The number of nitrogens with zero attached hydrogens (tertiary/aromatic N) is 2. The number of aromatic nitrogens is 2. The van der Waals surface area contributed by atoms with Crippen LogP contribution in [0.2, 0.25) is 0 Å². The van der Waals surface area contributed by atoms with Crippen LogP contribution in [0.5, 0.6) is 0 Å². The summed E-state index contributed by atoms with van der Waals surface area (Å²) in [5.74, 6) is 0. The fourth-order valence-corrected chi connectivity index (χ4v) is 1.96. The van der Waals surface area contributed by atoms with Crippen LogP contribution in [-0.2, 0) is 0 Å². The molecule has 0 saturated carbocycles. The standard InChI is InChI=1S/C10H6BrIN2/c11-8-9(13-6-14-10(8)12)7-4-2-1-3-5-7/h1-6H. The topological polar surface area (TPSA) is 25.8 Å². The van der Waals surface area contributed by atoms with E-state index in [-0.39, 0.29) is 0 Å². The third-order valence-corrected chi connectivity index (χ3v) is 4.10. The fourth-order valence-electron chi connectivity index (χ4n) is 1.15. The van der Waals surface area contributed by atoms with Crippen molar-refractivity contribution in [2.75, 3.05) is 0 Å². The van der Waals surface area contributed by atoms with E-state index < -0.39 is 0 Å². The van der Waals surface area contributed by atoms with Gasteiger partial charge in [0.2, 0.25) is 0 Å². The molecule has 1 heterocycles. The molecule has 0 amide bonds. The predicted molar refractivity (Wildman–Crippen MR) is 67.9 cm³/mol. The molecule has 0 aliphatic carbocycles. The zero-order valence-electron chi connectivity index (χ0n) is 7.11. The Hall–Kier alpha value is -0.490. The molecule has 14 heavy (non-hydrogen) atoms. The van der Waals surface area contributed by atoms with Gasteiger partial charge in [-0.25, -0.2) is 9.97 Å². The van der Waals surface area contributed by atoms with Gasteiger partial charge in [0.25, 0.3) is 0 Å². The zero-order valence-corrected chi connectivity index (χ0v) is 10.9. The molecule has 0 aliphatic heterocycles. The molecule has 0 spiro atoms. The average Bonchev–Trinajstić information content (AvgIpc) is 2.23. The summed E-state index contributed by atoms with van der Waals surface area (Å²) in [5, 5.41) is 0. The first kappa shape index (κ1) is 10.0. The second-order valence-electron chi connectivity index (χ2n) is 2.69. The van der Waals surface area contributed by atoms with Crippen LogP contribution >= 0.6 is 38.5 Å². The summed E-state index contributed by atoms with van der Waals surface area (Å²) in [7, 11) is 0. The summed E-state index contributed by atoms with van der Waals surface area (Å²) in [6, 6.07) is 10.0. The van der Waals surface area contributed by atoms with Gasteiger partial charge in [0, 0.05) is 5.56 Å². The highest BCUT2D eigenvalue weighted by atomic mass is 127. The maximum absolute atomic E-state index is 4.25. The molecule has 0 fully saturated rings. The quantitative estimate of drug-likeness (QED) is 0.574. The van der Waals surface area contributed by atoms with Crippen molar-refractivity contribution in [2.45, 2.75) is 0 Å². The Kier molecular flexibility index (Phi) is 3.12. The van der Waals surface area contributed by atoms with Gasteiger partial charge >= 0.3 is 0 Å². The van der Waals surface area contributed by atoms with Gasteiger partial charge in [0.1, 0.15) is 10.0 Å². The van der Waals surface area contributed by atoms with Crippen molar-refractivity contribution < 1.29 is 0 Å². The van der Waals surface area contributed by atoms with E-state index >= 15 is 0 Å². The normalized spacial score (nSPS) is 10.1. The maximum Gasteiger partial charge on any atom is 0.119 e. The summed E-state index contributed by atoms with van der Waals surface area (Å²) < 4.78 is 1.88. The summed E-state index contributed by atoms with van der Waals surface area (Å²) in [6.07, 6.45) is 1.58. The molecule has 1 aromatic carbocycles. The molecule has 0 bridgehead atoms. The lowest BCUT2D eigenvalue weighted by molar-refractivity contribution is 1.12. The highest BCUT2D eigenvalue weighted by Gasteiger charge is 2.07. The number of rotatable bonds is 1. The summed E-state index contributed by atoms with van der Waals surface area (Å²) in [5.41, 5.74) is 2.03. The van der Waals surface area contributed by atoms with E-state index in [1.165, 1.54) is 0 Å². The third-order valence-electron chi connectivity index (χ3n) is 1.79. The van der Waals surface area contributed by atoms with Crippen LogP contribution in [-0.4, -0.2) is 9.97 Å². The lowest BCUT2D eigenvalue weighted by Crippen LogP contribution is -1.90. The number of hydrogen-bond donors (Lipinski definition) is 0. The first-order valence-corrected chi connectivity index (χ1v) is 5.87.